The van der Waals surface area contributed by atoms with E-state index in [0.717, 1.165) is 25.7 Å². The predicted molar refractivity (Wildman–Crippen MR) is 127 cm³/mol. The van der Waals surface area contributed by atoms with E-state index < -0.39 is 0 Å². The van der Waals surface area contributed by atoms with Crippen LogP contribution in [0.1, 0.15) is 77.2 Å². The van der Waals surface area contributed by atoms with Crippen LogP contribution in [0.4, 0.5) is 0 Å². The van der Waals surface area contributed by atoms with E-state index in [1.54, 1.807) is 0 Å². The van der Waals surface area contributed by atoms with Gasteiger partial charge in [-0.05, 0) is 45.3 Å². The molecule has 0 bridgehead atoms. The van der Waals surface area contributed by atoms with E-state index in [9.17, 15) is 0 Å². The third kappa shape index (κ3) is 25.8. The fourth-order valence-corrected chi connectivity index (χ4v) is 1.85. The summed E-state index contributed by atoms with van der Waals surface area (Å²) in [7, 11) is 0. The van der Waals surface area contributed by atoms with E-state index in [4.69, 9.17) is 31.4 Å². The Morgan fingerprint density at radius 1 is 0.556 bits per heavy atom. The van der Waals surface area contributed by atoms with Crippen molar-refractivity contribution in [3.63, 3.8) is 0 Å². The molecule has 27 heavy (non-hydrogen) atoms. The molecule has 0 unspecified atom stereocenters. The van der Waals surface area contributed by atoms with Crippen LogP contribution in [0.5, 0.6) is 0 Å². The molecule has 0 aromatic carbocycles. The number of ether oxygens (including phenoxy) is 3. The molecule has 0 saturated carbocycles. The van der Waals surface area contributed by atoms with E-state index in [2.05, 4.69) is 6.92 Å². The maximum Gasteiger partial charge on any atom is 0.0566 e. The average Bonchev–Trinajstić information content (AvgIpc) is 2.51. The van der Waals surface area contributed by atoms with Gasteiger partial charge in [-0.3, -0.25) is 0 Å². The maximum absolute atomic E-state index is 5.76. The molecule has 0 aromatic rings. The monoisotopic (exact) mass is 401 g/mol. The molecular weight excluding hydrogens is 342 g/mol. The molecule has 6 N–H and O–H groups in total. The first-order valence-corrected chi connectivity index (χ1v) is 8.08. The molecule has 176 valence electrons. The second kappa shape index (κ2) is 33.4. The zero-order chi connectivity index (χ0) is 15.8. The largest absolute Gasteiger partial charge is 0.381 e. The van der Waals surface area contributed by atoms with Crippen LogP contribution in [0.25, 0.3) is 0 Å². The van der Waals surface area contributed by atoms with Crippen molar-refractivity contribution in [2.75, 3.05) is 59.3 Å². The molecule has 0 saturated heterocycles. The van der Waals surface area contributed by atoms with Crippen molar-refractivity contribution in [3.05, 3.63) is 0 Å². The summed E-state index contributed by atoms with van der Waals surface area (Å²) < 4.78 is 17.3. The highest BCUT2D eigenvalue weighted by molar-refractivity contribution is 4.78. The van der Waals surface area contributed by atoms with Crippen LogP contribution in [-0.4, -0.2) is 59.3 Å². The Hall–Kier alpha value is -0.240. The van der Waals surface area contributed by atoms with E-state index in [0.29, 0.717) is 59.3 Å². The lowest BCUT2D eigenvalue weighted by Gasteiger charge is -2.32. The third-order valence-electron chi connectivity index (χ3n) is 3.45. The van der Waals surface area contributed by atoms with Gasteiger partial charge >= 0.3 is 0 Å². The van der Waals surface area contributed by atoms with Gasteiger partial charge < -0.3 is 31.4 Å². The molecule has 0 radical (unpaired) electrons. The first kappa shape index (κ1) is 45.5. The Bertz CT molecular complexity index is 190. The molecule has 6 nitrogen and oxygen atoms in total. The molecule has 0 fully saturated rings. The number of hydrogen-bond acceptors (Lipinski definition) is 6. The molecule has 0 aliphatic carbocycles. The Kier molecular flexibility index (Phi) is 56.2. The lowest BCUT2D eigenvalue weighted by molar-refractivity contribution is -0.0717. The molecular formula is C21H59N3O3. The minimum Gasteiger partial charge on any atom is -0.381 e. The van der Waals surface area contributed by atoms with Gasteiger partial charge in [0.05, 0.1) is 19.8 Å². The normalized spacial score (nSPS) is 9.33. The Labute approximate surface area is 173 Å². The van der Waals surface area contributed by atoms with Crippen molar-refractivity contribution in [1.29, 1.82) is 0 Å². The second-order valence-corrected chi connectivity index (χ2v) is 5.44. The molecule has 0 amide bonds. The highest BCUT2D eigenvalue weighted by Crippen LogP contribution is 2.24. The van der Waals surface area contributed by atoms with Crippen molar-refractivity contribution < 1.29 is 14.2 Å². The Balaban J connectivity index is -0.000000133. The zero-order valence-electron chi connectivity index (χ0n) is 13.6. The summed E-state index contributed by atoms with van der Waals surface area (Å²) in [5.41, 5.74) is 16.4. The number of nitrogens with two attached hydrogens (primary N) is 3. The highest BCUT2D eigenvalue weighted by atomic mass is 16.5. The van der Waals surface area contributed by atoms with E-state index in [-0.39, 0.29) is 50.0 Å². The van der Waals surface area contributed by atoms with Crippen molar-refractivity contribution in [2.24, 2.45) is 22.6 Å². The minimum absolute atomic E-state index is 0. The molecule has 6 heteroatoms. The smallest absolute Gasteiger partial charge is 0.0566 e. The molecule has 0 aromatic heterocycles. The second-order valence-electron chi connectivity index (χ2n) is 5.44. The summed E-state index contributed by atoms with van der Waals surface area (Å²) in [6.45, 7) is 8.05. The first-order chi connectivity index (χ1) is 10.2. The summed E-state index contributed by atoms with van der Waals surface area (Å²) in [5.74, 6) is 0. The van der Waals surface area contributed by atoms with Gasteiger partial charge in [0.2, 0.25) is 0 Å². The number of hydrogen-bond donors (Lipinski definition) is 3. The summed E-state index contributed by atoms with van der Waals surface area (Å²) in [4.78, 5) is 0. The topological polar surface area (TPSA) is 106 Å². The summed E-state index contributed by atoms with van der Waals surface area (Å²) >= 11 is 0. The Morgan fingerprint density at radius 2 is 0.815 bits per heavy atom. The first-order valence-electron chi connectivity index (χ1n) is 8.08. The van der Waals surface area contributed by atoms with Gasteiger partial charge in [0.25, 0.3) is 0 Å². The van der Waals surface area contributed by atoms with E-state index in [1.807, 2.05) is 0 Å². The minimum atomic E-state index is -0.0994. The van der Waals surface area contributed by atoms with Crippen molar-refractivity contribution in [3.8, 4) is 0 Å². The van der Waals surface area contributed by atoms with Crippen molar-refractivity contribution in [2.45, 2.75) is 77.2 Å². The van der Waals surface area contributed by atoms with Gasteiger partial charge in [-0.25, -0.2) is 0 Å². The van der Waals surface area contributed by atoms with Crippen LogP contribution in [0, 0.1) is 5.41 Å². The lowest BCUT2D eigenvalue weighted by atomic mass is 9.88. The summed E-state index contributed by atoms with van der Waals surface area (Å²) in [5, 5.41) is 0. The van der Waals surface area contributed by atoms with Gasteiger partial charge in [-0.15, -0.1) is 0 Å². The van der Waals surface area contributed by atoms with Crippen molar-refractivity contribution in [1.82, 2.24) is 0 Å². The van der Waals surface area contributed by atoms with Crippen LogP contribution < -0.4 is 17.2 Å². The van der Waals surface area contributed by atoms with Gasteiger partial charge in [-0.2, -0.15) is 0 Å². The highest BCUT2D eigenvalue weighted by Gasteiger charge is 2.29. The van der Waals surface area contributed by atoms with Gasteiger partial charge in [-0.1, -0.05) is 51.5 Å². The molecule has 0 atom stereocenters. The molecule has 0 spiro atoms. The van der Waals surface area contributed by atoms with Gasteiger partial charge in [0.15, 0.2) is 0 Å². The van der Waals surface area contributed by atoms with Crippen LogP contribution >= 0.6 is 0 Å². The van der Waals surface area contributed by atoms with Crippen LogP contribution in [0.3, 0.4) is 0 Å². The SMILES string of the molecule is C.C.C.C.C.C.CCC(COCCCN)(COCCCN)COCCCN. The lowest BCUT2D eigenvalue weighted by Crippen LogP contribution is -2.37. The van der Waals surface area contributed by atoms with E-state index >= 15 is 0 Å². The fraction of sp³-hybridized carbons (Fsp3) is 1.00. The summed E-state index contributed by atoms with van der Waals surface area (Å²) in [6, 6.07) is 0. The van der Waals surface area contributed by atoms with Crippen molar-refractivity contribution >= 4 is 0 Å². The standard InChI is InChI=1S/C15H35N3O3.6CH4/c1-2-15(12-19-9-3-6-16,13-20-10-4-7-17)14-21-11-5-8-18;;;;;;/h2-14,16-18H2,1H3;6*1H4. The van der Waals surface area contributed by atoms with Gasteiger partial charge in [0, 0.05) is 25.2 Å². The van der Waals surface area contributed by atoms with Crippen LogP contribution in [-0.2, 0) is 14.2 Å². The fourth-order valence-electron chi connectivity index (χ4n) is 1.85. The van der Waals surface area contributed by atoms with Gasteiger partial charge in [0.1, 0.15) is 0 Å². The quantitative estimate of drug-likeness (QED) is 0.333. The third-order valence-corrected chi connectivity index (χ3v) is 3.45. The zero-order valence-corrected chi connectivity index (χ0v) is 13.6. The van der Waals surface area contributed by atoms with E-state index in [1.165, 1.54) is 0 Å². The molecule has 0 aliphatic rings. The Morgan fingerprint density at radius 3 is 1.00 bits per heavy atom. The summed E-state index contributed by atoms with van der Waals surface area (Å²) in [6.07, 6.45) is 3.58. The molecule has 0 heterocycles. The molecule has 0 aliphatic heterocycles. The van der Waals surface area contributed by atoms with Crippen LogP contribution in [0.2, 0.25) is 0 Å². The maximum atomic E-state index is 5.76. The van der Waals surface area contributed by atoms with Crippen LogP contribution in [0.15, 0.2) is 0 Å². The predicted octanol–water partition coefficient (Wildman–Crippen LogP) is 4.30. The average molecular weight is 402 g/mol. The molecule has 0 rings (SSSR count). The number of rotatable bonds is 16.